The summed E-state index contributed by atoms with van der Waals surface area (Å²) in [5.41, 5.74) is 2.79. The van der Waals surface area contributed by atoms with Crippen LogP contribution in [0, 0.1) is 11.8 Å². The maximum atomic E-state index is 13.2. The summed E-state index contributed by atoms with van der Waals surface area (Å²) in [5, 5.41) is 19.4. The number of rotatable bonds is 12. The van der Waals surface area contributed by atoms with E-state index in [4.69, 9.17) is 0 Å². The van der Waals surface area contributed by atoms with Gasteiger partial charge in [0, 0.05) is 23.7 Å². The number of anilines is 1. The van der Waals surface area contributed by atoms with Crippen molar-refractivity contribution >= 4 is 23.6 Å². The lowest BCUT2D eigenvalue weighted by Crippen LogP contribution is -2.29. The molecule has 2 N–H and O–H groups in total. The number of phenols is 1. The molecular formula is C33H35NO4. The second kappa shape index (κ2) is 15.1. The third-order valence-corrected chi connectivity index (χ3v) is 6.19. The summed E-state index contributed by atoms with van der Waals surface area (Å²) in [6.45, 7) is 2.45. The van der Waals surface area contributed by atoms with E-state index >= 15 is 0 Å². The molecule has 0 aromatic heterocycles. The van der Waals surface area contributed by atoms with Gasteiger partial charge in [-0.2, -0.15) is 0 Å². The molecule has 0 aliphatic carbocycles. The van der Waals surface area contributed by atoms with Crippen molar-refractivity contribution in [3.63, 3.8) is 0 Å². The van der Waals surface area contributed by atoms with Crippen LogP contribution < -0.4 is 4.90 Å². The fraction of sp³-hybridized carbons (Fsp3) is 0.273. The molecule has 0 saturated heterocycles. The highest BCUT2D eigenvalue weighted by Gasteiger charge is 2.18. The Morgan fingerprint density at radius 2 is 1.61 bits per heavy atom. The molecule has 0 fully saturated rings. The number of carbonyl (C=O) groups is 2. The summed E-state index contributed by atoms with van der Waals surface area (Å²) < 4.78 is 0. The van der Waals surface area contributed by atoms with Gasteiger partial charge < -0.3 is 15.1 Å². The van der Waals surface area contributed by atoms with E-state index < -0.39 is 5.97 Å². The van der Waals surface area contributed by atoms with Gasteiger partial charge >= 0.3 is 5.97 Å². The second-order valence-corrected chi connectivity index (χ2v) is 9.19. The van der Waals surface area contributed by atoms with Gasteiger partial charge in [-0.25, -0.2) is 4.79 Å². The summed E-state index contributed by atoms with van der Waals surface area (Å²) in [4.78, 5) is 26.3. The van der Waals surface area contributed by atoms with E-state index in [1.165, 1.54) is 61.3 Å². The number of amides is 1. The SMILES string of the molecule is CCCCCCCCC#Cc1ccc(CN(C(=O)C=Cc2ccccc2)c2ccc(O)c(C(=O)O)c2)cc1. The molecule has 5 nitrogen and oxygen atoms in total. The van der Waals surface area contributed by atoms with Crippen molar-refractivity contribution < 1.29 is 19.8 Å². The quantitative estimate of drug-likeness (QED) is 0.151. The van der Waals surface area contributed by atoms with Crippen molar-refractivity contribution in [2.24, 2.45) is 0 Å². The molecule has 0 radical (unpaired) electrons. The first-order valence-electron chi connectivity index (χ1n) is 13.2. The zero-order valence-electron chi connectivity index (χ0n) is 21.9. The van der Waals surface area contributed by atoms with Crippen LogP contribution in [-0.2, 0) is 11.3 Å². The van der Waals surface area contributed by atoms with Crippen molar-refractivity contribution in [1.82, 2.24) is 0 Å². The largest absolute Gasteiger partial charge is 0.507 e. The van der Waals surface area contributed by atoms with E-state index in [0.717, 1.165) is 29.5 Å². The fourth-order valence-electron chi connectivity index (χ4n) is 4.02. The van der Waals surface area contributed by atoms with E-state index in [1.54, 1.807) is 6.08 Å². The Labute approximate surface area is 225 Å². The lowest BCUT2D eigenvalue weighted by atomic mass is 10.1. The molecule has 1 amide bonds. The molecule has 3 aromatic carbocycles. The van der Waals surface area contributed by atoms with E-state index in [9.17, 15) is 19.8 Å². The number of benzene rings is 3. The minimum absolute atomic E-state index is 0.229. The Kier molecular flexibility index (Phi) is 11.2. The number of aromatic hydroxyl groups is 1. The molecule has 0 bridgehead atoms. The first-order valence-corrected chi connectivity index (χ1v) is 13.2. The van der Waals surface area contributed by atoms with Crippen LogP contribution in [0.5, 0.6) is 5.75 Å². The van der Waals surface area contributed by atoms with Gasteiger partial charge in [0.15, 0.2) is 0 Å². The summed E-state index contributed by atoms with van der Waals surface area (Å²) in [6, 6.07) is 21.3. The topological polar surface area (TPSA) is 77.8 Å². The van der Waals surface area contributed by atoms with Crippen LogP contribution in [0.2, 0.25) is 0 Å². The molecule has 0 aliphatic rings. The molecule has 0 saturated carbocycles. The van der Waals surface area contributed by atoms with Crippen LogP contribution in [0.15, 0.2) is 78.9 Å². The molecular weight excluding hydrogens is 474 g/mol. The van der Waals surface area contributed by atoms with E-state index in [1.807, 2.05) is 54.6 Å². The molecule has 196 valence electrons. The number of nitrogens with zero attached hydrogens (tertiary/aromatic N) is 1. The van der Waals surface area contributed by atoms with Gasteiger partial charge in [0.1, 0.15) is 11.3 Å². The predicted octanol–water partition coefficient (Wildman–Crippen LogP) is 7.44. The summed E-state index contributed by atoms with van der Waals surface area (Å²) in [6.07, 6.45) is 11.5. The third kappa shape index (κ3) is 8.97. The van der Waals surface area contributed by atoms with Crippen LogP contribution in [0.3, 0.4) is 0 Å². The minimum Gasteiger partial charge on any atom is -0.507 e. The highest BCUT2D eigenvalue weighted by atomic mass is 16.4. The van der Waals surface area contributed by atoms with Gasteiger partial charge in [0.2, 0.25) is 0 Å². The maximum Gasteiger partial charge on any atom is 0.339 e. The van der Waals surface area contributed by atoms with Gasteiger partial charge in [-0.05, 0) is 54.0 Å². The molecule has 0 aliphatic heterocycles. The Balaban J connectivity index is 1.73. The highest BCUT2D eigenvalue weighted by Crippen LogP contribution is 2.26. The summed E-state index contributed by atoms with van der Waals surface area (Å²) in [5.74, 6) is 4.54. The van der Waals surface area contributed by atoms with Crippen LogP contribution in [0.25, 0.3) is 6.08 Å². The van der Waals surface area contributed by atoms with Gasteiger partial charge in [0.25, 0.3) is 5.91 Å². The molecule has 0 spiro atoms. The number of hydrogen-bond donors (Lipinski definition) is 2. The lowest BCUT2D eigenvalue weighted by Gasteiger charge is -2.22. The Morgan fingerprint density at radius 1 is 0.895 bits per heavy atom. The van der Waals surface area contributed by atoms with E-state index in [0.29, 0.717) is 5.69 Å². The molecule has 3 rings (SSSR count). The average molecular weight is 510 g/mol. The molecule has 0 atom stereocenters. The van der Waals surface area contributed by atoms with Crippen LogP contribution in [0.4, 0.5) is 5.69 Å². The Hall–Kier alpha value is -4.30. The third-order valence-electron chi connectivity index (χ3n) is 6.19. The van der Waals surface area contributed by atoms with Gasteiger partial charge in [-0.1, -0.05) is 93.3 Å². The standard InChI is InChI=1S/C33H35NO4/c1-2-3-4-5-6-7-8-10-15-27-16-18-28(19-17-27)25-34(29-21-22-31(35)30(24-29)33(37)38)32(36)23-20-26-13-11-9-12-14-26/h9,11-14,16-24,35H,2-8,25H2,1H3,(H,37,38). The maximum absolute atomic E-state index is 13.2. The van der Waals surface area contributed by atoms with Crippen molar-refractivity contribution in [2.45, 2.75) is 58.4 Å². The Morgan fingerprint density at radius 3 is 2.32 bits per heavy atom. The van der Waals surface area contributed by atoms with Gasteiger partial charge in [-0.15, -0.1) is 0 Å². The summed E-state index contributed by atoms with van der Waals surface area (Å²) in [7, 11) is 0. The van der Waals surface area contributed by atoms with Crippen molar-refractivity contribution in [1.29, 1.82) is 0 Å². The Bertz CT molecular complexity index is 1280. The molecule has 3 aromatic rings. The van der Waals surface area contributed by atoms with Crippen LogP contribution in [0.1, 0.15) is 78.9 Å². The lowest BCUT2D eigenvalue weighted by molar-refractivity contribution is -0.114. The smallest absolute Gasteiger partial charge is 0.339 e. The number of hydrogen-bond acceptors (Lipinski definition) is 3. The van der Waals surface area contributed by atoms with Gasteiger partial charge in [0.05, 0.1) is 6.54 Å². The molecule has 0 unspecified atom stereocenters. The van der Waals surface area contributed by atoms with Crippen molar-refractivity contribution in [2.75, 3.05) is 4.90 Å². The minimum atomic E-state index is -1.26. The monoisotopic (exact) mass is 509 g/mol. The van der Waals surface area contributed by atoms with Crippen LogP contribution >= 0.6 is 0 Å². The second-order valence-electron chi connectivity index (χ2n) is 9.19. The zero-order chi connectivity index (χ0) is 27.2. The van der Waals surface area contributed by atoms with Crippen LogP contribution in [-0.4, -0.2) is 22.1 Å². The summed E-state index contributed by atoms with van der Waals surface area (Å²) >= 11 is 0. The number of carbonyl (C=O) groups excluding carboxylic acids is 1. The highest BCUT2D eigenvalue weighted by molar-refractivity contribution is 6.04. The molecule has 0 heterocycles. The number of aromatic carboxylic acids is 1. The molecule has 38 heavy (non-hydrogen) atoms. The fourth-order valence-corrected chi connectivity index (χ4v) is 4.02. The zero-order valence-corrected chi connectivity index (χ0v) is 21.9. The van der Waals surface area contributed by atoms with Crippen molar-refractivity contribution in [3.8, 4) is 17.6 Å². The van der Waals surface area contributed by atoms with Gasteiger partial charge in [-0.3, -0.25) is 4.79 Å². The number of unbranched alkanes of at least 4 members (excludes halogenated alkanes) is 6. The average Bonchev–Trinajstić information content (AvgIpc) is 2.93. The first-order chi connectivity index (χ1) is 18.5. The predicted molar refractivity (Wildman–Crippen MR) is 153 cm³/mol. The van der Waals surface area contributed by atoms with E-state index in [-0.39, 0.29) is 23.8 Å². The molecule has 5 heteroatoms. The van der Waals surface area contributed by atoms with E-state index in [2.05, 4.69) is 18.8 Å². The number of carboxylic acid groups (broad SMARTS) is 1. The first kappa shape index (κ1) is 28.3. The number of carboxylic acids is 1. The normalized spacial score (nSPS) is 10.7. The van der Waals surface area contributed by atoms with Crippen molar-refractivity contribution in [3.05, 3.63) is 101 Å².